The molecule has 0 radical (unpaired) electrons. The molecule has 1 saturated carbocycles. The molecule has 13 nitrogen and oxygen atoms in total. The molecule has 0 unspecified atom stereocenters. The number of fused-ring (bicyclic) bond motifs is 6. The first kappa shape index (κ1) is 34.8. The number of esters is 1. The van der Waals surface area contributed by atoms with E-state index < -0.39 is 23.3 Å². The van der Waals surface area contributed by atoms with Gasteiger partial charge in [-0.15, -0.1) is 0 Å². The van der Waals surface area contributed by atoms with Crippen LogP contribution < -0.4 is 21.6 Å². The van der Waals surface area contributed by atoms with E-state index in [4.69, 9.17) is 30.1 Å². The average Bonchev–Trinajstić information content (AvgIpc) is 3.48. The Bertz CT molecular complexity index is 2500. The number of aromatic hydroxyl groups is 1. The fourth-order valence-corrected chi connectivity index (χ4v) is 10.2. The Hall–Kier alpha value is -5.69. The summed E-state index contributed by atoms with van der Waals surface area (Å²) in [5.41, 5.74) is 16.6. The number of nitrogens with zero attached hydrogens (tertiary/aromatic N) is 4. The number of nitrogen functional groups attached to an aromatic ring is 2. The van der Waals surface area contributed by atoms with Crippen molar-refractivity contribution in [2.24, 2.45) is 16.8 Å². The first-order valence-electron chi connectivity index (χ1n) is 19.5. The van der Waals surface area contributed by atoms with Gasteiger partial charge in [0.25, 0.3) is 0 Å². The number of nitrogens with two attached hydrogens (primary N) is 2. The average molecular weight is 757 g/mol. The van der Waals surface area contributed by atoms with Crippen molar-refractivity contribution in [3.8, 4) is 22.8 Å². The number of aliphatic imine (C=N–C) groups is 1. The molecule has 56 heavy (non-hydrogen) atoms. The highest BCUT2D eigenvalue weighted by atomic mass is 16.7. The number of ether oxygens (including phenoxy) is 3. The highest BCUT2D eigenvalue weighted by Crippen LogP contribution is 2.60. The highest BCUT2D eigenvalue weighted by molar-refractivity contribution is 6.07. The van der Waals surface area contributed by atoms with Crippen LogP contribution in [0.25, 0.3) is 22.2 Å². The van der Waals surface area contributed by atoms with Crippen molar-refractivity contribution < 1.29 is 28.5 Å². The molecular formula is C43H44N6O7. The predicted octanol–water partition coefficient (Wildman–Crippen LogP) is 5.85. The summed E-state index contributed by atoms with van der Waals surface area (Å²) in [6.07, 6.45) is 9.24. The van der Waals surface area contributed by atoms with E-state index in [-0.39, 0.29) is 46.0 Å². The fraction of sp³-hybridized carbons (Fsp3) is 0.419. The van der Waals surface area contributed by atoms with Gasteiger partial charge in [0.05, 0.1) is 36.3 Å². The van der Waals surface area contributed by atoms with Crippen LogP contribution in [-0.2, 0) is 27.2 Å². The molecule has 7 aliphatic rings. The van der Waals surface area contributed by atoms with E-state index in [9.17, 15) is 14.7 Å². The van der Waals surface area contributed by atoms with E-state index in [0.717, 1.165) is 60.3 Å². The molecule has 4 fully saturated rings. The third kappa shape index (κ3) is 5.57. The monoisotopic (exact) mass is 756 g/mol. The second-order valence-electron chi connectivity index (χ2n) is 16.8. The second kappa shape index (κ2) is 12.4. The van der Waals surface area contributed by atoms with E-state index in [1.54, 1.807) is 13.0 Å². The van der Waals surface area contributed by atoms with E-state index in [1.807, 2.05) is 50.4 Å². The molecule has 5 N–H and O–H groups in total. The molecule has 288 valence electrons. The zero-order chi connectivity index (χ0) is 38.7. The molecule has 0 amide bonds. The van der Waals surface area contributed by atoms with Crippen LogP contribution in [0.3, 0.4) is 0 Å². The molecule has 4 aromatic rings. The topological polar surface area (TPSA) is 192 Å². The summed E-state index contributed by atoms with van der Waals surface area (Å²) in [7, 11) is 0. The van der Waals surface area contributed by atoms with Crippen LogP contribution in [0.2, 0.25) is 0 Å². The Morgan fingerprint density at radius 3 is 2.61 bits per heavy atom. The van der Waals surface area contributed by atoms with Crippen molar-refractivity contribution in [1.82, 2.24) is 14.9 Å². The summed E-state index contributed by atoms with van der Waals surface area (Å²) >= 11 is 0. The van der Waals surface area contributed by atoms with Crippen LogP contribution in [0.4, 0.5) is 11.6 Å². The number of phenols is 1. The Morgan fingerprint density at radius 1 is 1.00 bits per heavy atom. The lowest BCUT2D eigenvalue weighted by molar-refractivity contribution is -0.172. The number of phenolic OH excluding ortho intramolecular Hbond substituents is 1. The predicted molar refractivity (Wildman–Crippen MR) is 209 cm³/mol. The Morgan fingerprint density at radius 2 is 1.80 bits per heavy atom. The highest BCUT2D eigenvalue weighted by Gasteiger charge is 2.69. The zero-order valence-electron chi connectivity index (χ0n) is 31.6. The number of anilines is 2. The minimum absolute atomic E-state index is 0.00896. The van der Waals surface area contributed by atoms with E-state index >= 15 is 0 Å². The van der Waals surface area contributed by atoms with Gasteiger partial charge >= 0.3 is 5.97 Å². The Balaban J connectivity index is 0.899. The lowest BCUT2D eigenvalue weighted by atomic mass is 9.66. The largest absolute Gasteiger partial charge is 0.507 e. The van der Waals surface area contributed by atoms with Gasteiger partial charge in [0.2, 0.25) is 0 Å². The van der Waals surface area contributed by atoms with Crippen LogP contribution in [0.5, 0.6) is 11.5 Å². The van der Waals surface area contributed by atoms with Crippen LogP contribution >= 0.6 is 0 Å². The number of benzene rings is 1. The van der Waals surface area contributed by atoms with Crippen molar-refractivity contribution >= 4 is 34.3 Å². The lowest BCUT2D eigenvalue weighted by Crippen LogP contribution is -2.53. The lowest BCUT2D eigenvalue weighted by Gasteiger charge is -2.47. The van der Waals surface area contributed by atoms with E-state index in [0.29, 0.717) is 53.8 Å². The molecular weight excluding hydrogens is 713 g/mol. The van der Waals surface area contributed by atoms with Gasteiger partial charge < -0.3 is 40.1 Å². The van der Waals surface area contributed by atoms with Crippen LogP contribution in [0, 0.1) is 18.8 Å². The molecule has 3 aromatic heterocycles. The maximum absolute atomic E-state index is 14.5. The van der Waals surface area contributed by atoms with Gasteiger partial charge in [-0.3, -0.25) is 9.79 Å². The first-order chi connectivity index (χ1) is 26.9. The quantitative estimate of drug-likeness (QED) is 0.157. The van der Waals surface area contributed by atoms with Gasteiger partial charge in [-0.05, 0) is 101 Å². The number of hydrogen-bond acceptors (Lipinski definition) is 13. The Labute approximate surface area is 323 Å². The standard InChI is InChI=1S/C43H44N6O7/c1-21-12-30(50)37-31(53-21)17-32-38(39(37)51)36-23-5-7-26(8-6-23)43(41(52)54-40(36)42(2,3)55-32)33(56-43)9-4-22-13-28(48-34(44)14-22)25-15-27(47-35(45)16-25)19-49-18-24-10-11-46-29(24)20-49/h10-18,23,26,33,36,40,51H,4-9,19-20H2,1-3H3,(H2,44,48)(H2,45,47)/t23?,26?,33-,36-,40-,43-/m1/s1. The van der Waals surface area contributed by atoms with Gasteiger partial charge in [-0.1, -0.05) is 0 Å². The number of rotatable bonds is 6. The molecule has 6 aliphatic heterocycles. The number of carbonyl (C=O) groups is 1. The maximum atomic E-state index is 14.5. The first-order valence-corrected chi connectivity index (χ1v) is 19.5. The molecule has 3 saturated heterocycles. The minimum Gasteiger partial charge on any atom is -0.507 e. The number of carbonyl (C=O) groups excluding carboxylic acids is 1. The van der Waals surface area contributed by atoms with Crippen LogP contribution in [0.1, 0.15) is 74.5 Å². The Kier molecular flexibility index (Phi) is 7.70. The second-order valence-corrected chi connectivity index (χ2v) is 16.8. The van der Waals surface area contributed by atoms with Gasteiger partial charge in [0.15, 0.2) is 11.0 Å². The molecule has 1 spiro atoms. The summed E-state index contributed by atoms with van der Waals surface area (Å²) in [6, 6.07) is 10.8. The molecule has 1 aliphatic carbocycles. The van der Waals surface area contributed by atoms with Gasteiger partial charge in [0, 0.05) is 53.1 Å². The summed E-state index contributed by atoms with van der Waals surface area (Å²) in [5, 5.41) is 11.8. The molecule has 9 heterocycles. The summed E-state index contributed by atoms with van der Waals surface area (Å²) < 4.78 is 25.4. The van der Waals surface area contributed by atoms with Crippen molar-refractivity contribution in [2.75, 3.05) is 18.0 Å². The van der Waals surface area contributed by atoms with Gasteiger partial charge in [-0.2, -0.15) is 0 Å². The third-order valence-electron chi connectivity index (χ3n) is 12.7. The molecule has 1 aromatic carbocycles. The molecule has 13 heteroatoms. The number of epoxide rings is 1. The molecule has 4 atom stereocenters. The number of aryl methyl sites for hydroxylation is 2. The van der Waals surface area contributed by atoms with Gasteiger partial charge in [0.1, 0.15) is 51.6 Å². The normalized spacial score (nSPS) is 28.1. The summed E-state index contributed by atoms with van der Waals surface area (Å²) in [6.45, 7) is 6.81. The summed E-state index contributed by atoms with van der Waals surface area (Å²) in [5.74, 6) is 0.829. The van der Waals surface area contributed by atoms with Crippen molar-refractivity contribution in [1.29, 1.82) is 0 Å². The molecule has 11 rings (SSSR count). The number of hydrogen-bond donors (Lipinski definition) is 3. The van der Waals surface area contributed by atoms with E-state index in [1.165, 1.54) is 6.07 Å². The van der Waals surface area contributed by atoms with Crippen molar-refractivity contribution in [3.63, 3.8) is 0 Å². The molecule has 2 bridgehead atoms. The fourth-order valence-electron chi connectivity index (χ4n) is 10.2. The van der Waals surface area contributed by atoms with E-state index in [2.05, 4.69) is 26.1 Å². The smallest absolute Gasteiger partial charge is 0.341 e. The summed E-state index contributed by atoms with van der Waals surface area (Å²) in [4.78, 5) is 43.4. The van der Waals surface area contributed by atoms with Crippen LogP contribution in [0.15, 0.2) is 74.7 Å². The van der Waals surface area contributed by atoms with Gasteiger partial charge in [-0.25, -0.2) is 14.8 Å². The van der Waals surface area contributed by atoms with Crippen molar-refractivity contribution in [2.45, 2.75) is 95.2 Å². The maximum Gasteiger partial charge on any atom is 0.341 e. The SMILES string of the molecule is Cc1cc(=O)c2c(O)c3c(cc2o1)OC(C)(C)[C@@H]1OC(=O)[C@@]2(O[C@@H]2CCc2cc(N)nc(-c4cc(N)nc(CN5C=C6C=CN=C6C5)c4)c2)C2CCC(CC2)[C@H]31. The number of aromatic nitrogens is 2. The zero-order valence-corrected chi connectivity index (χ0v) is 31.6. The number of pyridine rings is 2. The van der Waals surface area contributed by atoms with Crippen LogP contribution in [-0.4, -0.2) is 61.6 Å². The van der Waals surface area contributed by atoms with Crippen molar-refractivity contribution in [3.05, 3.63) is 93.3 Å². The minimum atomic E-state index is -1.07. The number of allylic oxidation sites excluding steroid dienone is 1. The third-order valence-corrected chi connectivity index (χ3v) is 12.7.